The van der Waals surface area contributed by atoms with Gasteiger partial charge in [0.2, 0.25) is 0 Å². The zero-order valence-electron chi connectivity index (χ0n) is 28.2. The van der Waals surface area contributed by atoms with E-state index in [2.05, 4.69) is 25.4 Å². The van der Waals surface area contributed by atoms with Crippen molar-refractivity contribution in [2.45, 2.75) is 38.9 Å². The molecule has 270 valence electrons. The fourth-order valence-electron chi connectivity index (χ4n) is 4.59. The van der Waals surface area contributed by atoms with Gasteiger partial charge in [-0.15, -0.1) is 0 Å². The van der Waals surface area contributed by atoms with Crippen LogP contribution < -0.4 is 27.4 Å². The summed E-state index contributed by atoms with van der Waals surface area (Å²) in [6.45, 7) is 3.19. The van der Waals surface area contributed by atoms with E-state index >= 15 is 0 Å². The van der Waals surface area contributed by atoms with Gasteiger partial charge in [0, 0.05) is 35.5 Å². The second kappa shape index (κ2) is 18.2. The molecule has 0 saturated carbocycles. The molecular weight excluding hydrogens is 662 g/mol. The number of H-pyrrole nitrogens is 1. The number of anilines is 2. The molecule has 0 spiro atoms. The number of pyridine rings is 1. The highest BCUT2D eigenvalue weighted by molar-refractivity contribution is 6.07. The zero-order valence-corrected chi connectivity index (χ0v) is 28.2. The lowest BCUT2D eigenvalue weighted by Crippen LogP contribution is -2.42. The lowest BCUT2D eigenvalue weighted by molar-refractivity contribution is -0.152. The van der Waals surface area contributed by atoms with Crippen molar-refractivity contribution in [2.75, 3.05) is 36.6 Å². The number of aromatic amines is 1. The number of carbonyl (C=O) groups is 4. The Morgan fingerprint density at radius 2 is 1.76 bits per heavy atom. The molecule has 2 aromatic heterocycles. The van der Waals surface area contributed by atoms with Gasteiger partial charge >= 0.3 is 17.9 Å². The summed E-state index contributed by atoms with van der Waals surface area (Å²) in [5.41, 5.74) is 20.2. The number of esters is 2. The topological polar surface area (TPSA) is 263 Å². The molecule has 0 saturated heterocycles. The van der Waals surface area contributed by atoms with Crippen LogP contribution in [-0.4, -0.2) is 88.2 Å². The van der Waals surface area contributed by atoms with Crippen LogP contribution >= 0.6 is 0 Å². The van der Waals surface area contributed by atoms with Gasteiger partial charge in [0.05, 0.1) is 43.8 Å². The average Bonchev–Trinajstić information content (AvgIpc) is 3.57. The fraction of sp³-hybridized carbons (Fsp3) is 0.324. The van der Waals surface area contributed by atoms with E-state index in [1.807, 2.05) is 0 Å². The van der Waals surface area contributed by atoms with Gasteiger partial charge in [-0.1, -0.05) is 18.1 Å². The summed E-state index contributed by atoms with van der Waals surface area (Å²) < 4.78 is 9.97. The lowest BCUT2D eigenvalue weighted by Gasteiger charge is -2.21. The summed E-state index contributed by atoms with van der Waals surface area (Å²) in [5, 5.41) is 15.8. The molecule has 4 rings (SSSR count). The third-order valence-corrected chi connectivity index (χ3v) is 7.54. The Morgan fingerprint density at radius 3 is 2.45 bits per heavy atom. The number of hydrogen-bond acceptors (Lipinski definition) is 14. The number of aromatic nitrogens is 3. The molecule has 0 radical (unpaired) electrons. The van der Waals surface area contributed by atoms with Crippen LogP contribution in [0.3, 0.4) is 0 Å². The Balaban J connectivity index is 1.33. The first-order chi connectivity index (χ1) is 24.5. The molecule has 2 heterocycles. The standard InChI is InChI=1S/C34H41N9O8/c1-3-49-29(45)13-15-43(28-6-4-5-14-38-28)32(46)22-9-12-25-26(16-22)41-27(40-25)17-39-23-10-7-21(8-11-23)31(37)42-51-34(48)30(36)20(2)19-50-33(47)24(35)18-44/h4-12,14,16,20,24,30,39,44H,3,13,15,17-19,35-36H2,1-2H3,(H2,37,42)(H,40,41). The van der Waals surface area contributed by atoms with Gasteiger partial charge in [-0.05, 0) is 61.5 Å². The molecule has 4 aromatic rings. The van der Waals surface area contributed by atoms with Gasteiger partial charge in [0.1, 0.15) is 23.7 Å². The maximum absolute atomic E-state index is 13.6. The number of carbonyl (C=O) groups excluding carboxylic acids is 4. The Bertz CT molecular complexity index is 1830. The summed E-state index contributed by atoms with van der Waals surface area (Å²) in [6, 6.07) is 14.8. The summed E-state index contributed by atoms with van der Waals surface area (Å²) in [6.07, 6.45) is 1.60. The first-order valence-corrected chi connectivity index (χ1v) is 16.0. The minimum absolute atomic E-state index is 0.0193. The average molecular weight is 704 g/mol. The number of benzene rings is 2. The molecule has 0 fully saturated rings. The van der Waals surface area contributed by atoms with Gasteiger partial charge in [-0.3, -0.25) is 19.3 Å². The van der Waals surface area contributed by atoms with Crippen LogP contribution in [0.25, 0.3) is 11.0 Å². The van der Waals surface area contributed by atoms with E-state index in [-0.39, 0.29) is 37.9 Å². The van der Waals surface area contributed by atoms with Crippen molar-refractivity contribution < 1.29 is 38.6 Å². The Labute approximate surface area is 293 Å². The molecule has 1 amide bonds. The molecule has 3 unspecified atom stereocenters. The first-order valence-electron chi connectivity index (χ1n) is 16.0. The van der Waals surface area contributed by atoms with E-state index in [4.69, 9.17) is 36.6 Å². The quantitative estimate of drug-likeness (QED) is 0.0296. The Morgan fingerprint density at radius 1 is 1.02 bits per heavy atom. The molecule has 3 atom stereocenters. The summed E-state index contributed by atoms with van der Waals surface area (Å²) in [4.78, 5) is 68.0. The Hall–Kier alpha value is -5.91. The highest BCUT2D eigenvalue weighted by Gasteiger charge is 2.26. The van der Waals surface area contributed by atoms with E-state index in [1.54, 1.807) is 80.7 Å². The number of fused-ring (bicyclic) bond motifs is 1. The van der Waals surface area contributed by atoms with Gasteiger partial charge in [0.25, 0.3) is 5.91 Å². The number of imidazole rings is 1. The van der Waals surface area contributed by atoms with Crippen LogP contribution in [0.4, 0.5) is 11.5 Å². The van der Waals surface area contributed by atoms with Crippen LogP contribution in [0.2, 0.25) is 0 Å². The van der Waals surface area contributed by atoms with Crippen molar-refractivity contribution in [2.24, 2.45) is 28.3 Å². The van der Waals surface area contributed by atoms with E-state index in [0.717, 1.165) is 5.69 Å². The number of amides is 1. The zero-order chi connectivity index (χ0) is 36.9. The lowest BCUT2D eigenvalue weighted by atomic mass is 10.0. The van der Waals surface area contributed by atoms with Crippen LogP contribution in [0, 0.1) is 5.92 Å². The predicted molar refractivity (Wildman–Crippen MR) is 187 cm³/mol. The van der Waals surface area contributed by atoms with E-state index < -0.39 is 42.5 Å². The number of oxime groups is 1. The second-order valence-corrected chi connectivity index (χ2v) is 11.4. The number of hydrogen-bond donors (Lipinski definition) is 6. The molecule has 2 aromatic carbocycles. The van der Waals surface area contributed by atoms with Gasteiger partial charge < -0.3 is 46.9 Å². The number of amidine groups is 1. The van der Waals surface area contributed by atoms with Gasteiger partial charge in [-0.2, -0.15) is 0 Å². The number of nitrogens with two attached hydrogens (primary N) is 3. The molecule has 0 aliphatic carbocycles. The number of nitrogens with one attached hydrogen (secondary N) is 2. The van der Waals surface area contributed by atoms with Crippen LogP contribution in [-0.2, 0) is 35.2 Å². The van der Waals surface area contributed by atoms with Crippen molar-refractivity contribution in [3.05, 3.63) is 83.8 Å². The second-order valence-electron chi connectivity index (χ2n) is 11.4. The van der Waals surface area contributed by atoms with Crippen molar-refractivity contribution in [1.29, 1.82) is 0 Å². The normalized spacial score (nSPS) is 13.2. The number of nitrogens with zero attached hydrogens (tertiary/aromatic N) is 4. The summed E-state index contributed by atoms with van der Waals surface area (Å²) in [5.74, 6) is -2.09. The van der Waals surface area contributed by atoms with Crippen LogP contribution in [0.1, 0.15) is 42.0 Å². The predicted octanol–water partition coefficient (Wildman–Crippen LogP) is 1.16. The molecular formula is C34H41N9O8. The monoisotopic (exact) mass is 703 g/mol. The van der Waals surface area contributed by atoms with Crippen molar-refractivity contribution >= 4 is 52.2 Å². The molecule has 0 bridgehead atoms. The largest absolute Gasteiger partial charge is 0.466 e. The fourth-order valence-corrected chi connectivity index (χ4v) is 4.59. The molecule has 17 nitrogen and oxygen atoms in total. The minimum Gasteiger partial charge on any atom is -0.466 e. The van der Waals surface area contributed by atoms with Gasteiger partial charge in [0.15, 0.2) is 5.84 Å². The molecule has 0 aliphatic rings. The maximum Gasteiger partial charge on any atom is 0.352 e. The molecule has 9 N–H and O–H groups in total. The van der Waals surface area contributed by atoms with E-state index in [0.29, 0.717) is 40.3 Å². The Kier molecular flexibility index (Phi) is 13.5. The highest BCUT2D eigenvalue weighted by atomic mass is 16.7. The van der Waals surface area contributed by atoms with Crippen LogP contribution in [0.15, 0.2) is 72.0 Å². The SMILES string of the molecule is CCOC(=O)CCN(C(=O)c1ccc2nc(CNc3ccc(/C(N)=N/OC(=O)C(N)C(C)COC(=O)C(N)CO)cc3)[nH]c2c1)c1ccccn1. The highest BCUT2D eigenvalue weighted by Crippen LogP contribution is 2.20. The van der Waals surface area contributed by atoms with Crippen molar-refractivity contribution in [3.63, 3.8) is 0 Å². The number of ether oxygens (including phenoxy) is 2. The third kappa shape index (κ3) is 10.5. The number of rotatable bonds is 17. The van der Waals surface area contributed by atoms with E-state index in [9.17, 15) is 19.2 Å². The molecule has 51 heavy (non-hydrogen) atoms. The summed E-state index contributed by atoms with van der Waals surface area (Å²) >= 11 is 0. The number of aliphatic hydroxyl groups excluding tert-OH is 1. The maximum atomic E-state index is 13.6. The van der Waals surface area contributed by atoms with E-state index in [1.165, 1.54) is 4.90 Å². The van der Waals surface area contributed by atoms with Gasteiger partial charge in [-0.25, -0.2) is 14.8 Å². The smallest absolute Gasteiger partial charge is 0.352 e. The number of aliphatic hydroxyl groups is 1. The van der Waals surface area contributed by atoms with Crippen molar-refractivity contribution in [3.8, 4) is 0 Å². The molecule has 17 heteroatoms. The first kappa shape index (κ1) is 37.9. The minimum atomic E-state index is -1.18. The van der Waals surface area contributed by atoms with Crippen LogP contribution in [0.5, 0.6) is 0 Å². The summed E-state index contributed by atoms with van der Waals surface area (Å²) in [7, 11) is 0. The molecule has 0 aliphatic heterocycles. The van der Waals surface area contributed by atoms with Crippen molar-refractivity contribution in [1.82, 2.24) is 15.0 Å². The third-order valence-electron chi connectivity index (χ3n) is 7.54.